The van der Waals surface area contributed by atoms with E-state index in [-0.39, 0.29) is 24.0 Å². The second-order valence-electron chi connectivity index (χ2n) is 7.60. The van der Waals surface area contributed by atoms with E-state index in [1.54, 1.807) is 7.11 Å². The van der Waals surface area contributed by atoms with Gasteiger partial charge in [-0.25, -0.2) is 0 Å². The number of aryl methyl sites for hydroxylation is 1. The smallest absolute Gasteiger partial charge is 0.191 e. The van der Waals surface area contributed by atoms with Crippen LogP contribution < -0.4 is 15.4 Å². The number of hydrogen-bond donors (Lipinski definition) is 2. The first-order chi connectivity index (χ1) is 12.7. The van der Waals surface area contributed by atoms with Gasteiger partial charge in [-0.15, -0.1) is 24.0 Å². The topological polar surface area (TPSA) is 54.9 Å². The number of nitrogens with zero attached hydrogens (tertiary/aromatic N) is 1. The highest BCUT2D eigenvalue weighted by Gasteiger charge is 2.41. The molecule has 0 atom stereocenters. The second kappa shape index (κ2) is 11.1. The van der Waals surface area contributed by atoms with Gasteiger partial charge in [0.2, 0.25) is 0 Å². The molecule has 0 spiro atoms. The monoisotopic (exact) mass is 487 g/mol. The van der Waals surface area contributed by atoms with E-state index in [2.05, 4.69) is 40.7 Å². The van der Waals surface area contributed by atoms with Crippen LogP contribution in [-0.2, 0) is 11.3 Å². The summed E-state index contributed by atoms with van der Waals surface area (Å²) in [5, 5.41) is 6.98. The van der Waals surface area contributed by atoms with Crippen LogP contribution in [0, 0.1) is 24.7 Å². The molecule has 1 aromatic rings. The molecule has 2 saturated carbocycles. The lowest BCUT2D eigenvalue weighted by Crippen LogP contribution is -2.40. The van der Waals surface area contributed by atoms with Crippen LogP contribution in [0.1, 0.15) is 36.8 Å². The number of halogens is 1. The molecule has 2 aliphatic carbocycles. The summed E-state index contributed by atoms with van der Waals surface area (Å²) in [6, 6.07) is 6.32. The van der Waals surface area contributed by atoms with Gasteiger partial charge in [0.15, 0.2) is 5.96 Å². The normalized spacial score (nSPS) is 16.8. The Hall–Kier alpha value is -1.02. The molecule has 0 bridgehead atoms. The van der Waals surface area contributed by atoms with E-state index in [4.69, 9.17) is 9.47 Å². The van der Waals surface area contributed by atoms with Crippen molar-refractivity contribution in [3.8, 4) is 5.75 Å². The molecule has 0 amide bonds. The average molecular weight is 487 g/mol. The van der Waals surface area contributed by atoms with Crippen molar-refractivity contribution >= 4 is 29.9 Å². The van der Waals surface area contributed by atoms with Gasteiger partial charge >= 0.3 is 0 Å². The van der Waals surface area contributed by atoms with Gasteiger partial charge in [0.05, 0.1) is 6.61 Å². The van der Waals surface area contributed by atoms with Crippen LogP contribution in [0.4, 0.5) is 0 Å². The zero-order valence-electron chi connectivity index (χ0n) is 16.8. The highest BCUT2D eigenvalue weighted by atomic mass is 127. The van der Waals surface area contributed by atoms with Crippen LogP contribution in [0.2, 0.25) is 0 Å². The van der Waals surface area contributed by atoms with Crippen molar-refractivity contribution < 1.29 is 9.47 Å². The van der Waals surface area contributed by atoms with E-state index in [9.17, 15) is 0 Å². The summed E-state index contributed by atoms with van der Waals surface area (Å²) < 4.78 is 11.0. The molecule has 0 heterocycles. The van der Waals surface area contributed by atoms with Crippen molar-refractivity contribution in [1.82, 2.24) is 10.6 Å². The van der Waals surface area contributed by atoms with E-state index in [1.807, 2.05) is 7.05 Å². The van der Waals surface area contributed by atoms with Crippen molar-refractivity contribution in [2.24, 2.45) is 22.7 Å². The highest BCUT2D eigenvalue weighted by Crippen LogP contribution is 2.48. The Morgan fingerprint density at radius 3 is 2.44 bits per heavy atom. The molecule has 3 rings (SSSR count). The van der Waals surface area contributed by atoms with Crippen LogP contribution >= 0.6 is 24.0 Å². The maximum atomic E-state index is 5.88. The summed E-state index contributed by atoms with van der Waals surface area (Å²) >= 11 is 0. The van der Waals surface area contributed by atoms with E-state index in [0.717, 1.165) is 41.6 Å². The molecule has 2 N–H and O–H groups in total. The summed E-state index contributed by atoms with van der Waals surface area (Å²) in [5.74, 6) is 4.52. The quantitative estimate of drug-likeness (QED) is 0.229. The Morgan fingerprint density at radius 1 is 1.15 bits per heavy atom. The van der Waals surface area contributed by atoms with Gasteiger partial charge in [0.25, 0.3) is 0 Å². The number of rotatable bonds is 10. The first-order valence-corrected chi connectivity index (χ1v) is 9.87. The van der Waals surface area contributed by atoms with E-state index in [1.165, 1.54) is 31.2 Å². The molecule has 2 aliphatic rings. The van der Waals surface area contributed by atoms with Gasteiger partial charge in [-0.05, 0) is 62.0 Å². The van der Waals surface area contributed by atoms with Gasteiger partial charge in [-0.2, -0.15) is 0 Å². The molecule has 152 valence electrons. The van der Waals surface area contributed by atoms with Crippen molar-refractivity contribution in [3.63, 3.8) is 0 Å². The minimum Gasteiger partial charge on any atom is -0.491 e. The van der Waals surface area contributed by atoms with Crippen LogP contribution in [0.15, 0.2) is 23.2 Å². The van der Waals surface area contributed by atoms with Crippen molar-refractivity contribution in [2.75, 3.05) is 33.9 Å². The average Bonchev–Trinajstić information content (AvgIpc) is 3.54. The molecule has 6 heteroatoms. The van der Waals surface area contributed by atoms with E-state index in [0.29, 0.717) is 19.8 Å². The maximum Gasteiger partial charge on any atom is 0.191 e. The highest BCUT2D eigenvalue weighted by molar-refractivity contribution is 14.0. The largest absolute Gasteiger partial charge is 0.491 e. The number of ether oxygens (including phenoxy) is 2. The summed E-state index contributed by atoms with van der Waals surface area (Å²) in [6.45, 7) is 4.97. The lowest BCUT2D eigenvalue weighted by Gasteiger charge is -2.19. The summed E-state index contributed by atoms with van der Waals surface area (Å²) in [5.41, 5.74) is 2.33. The molecule has 0 unspecified atom stereocenters. The fourth-order valence-corrected chi connectivity index (χ4v) is 3.56. The molecule has 2 fully saturated rings. The number of nitrogens with one attached hydrogen (secondary N) is 2. The number of methoxy groups -OCH3 is 1. The molecular formula is C21H34IN3O2. The lowest BCUT2D eigenvalue weighted by molar-refractivity contribution is 0.145. The Kier molecular flexibility index (Phi) is 9.15. The lowest BCUT2D eigenvalue weighted by atomic mass is 9.98. The van der Waals surface area contributed by atoms with Gasteiger partial charge in [0, 0.05) is 32.8 Å². The summed E-state index contributed by atoms with van der Waals surface area (Å²) in [7, 11) is 3.53. The Balaban J connectivity index is 0.00000261. The van der Waals surface area contributed by atoms with Crippen molar-refractivity contribution in [1.29, 1.82) is 0 Å². The van der Waals surface area contributed by atoms with Crippen LogP contribution in [0.5, 0.6) is 5.75 Å². The van der Waals surface area contributed by atoms with Crippen LogP contribution in [-0.4, -0.2) is 39.9 Å². The van der Waals surface area contributed by atoms with Crippen LogP contribution in [0.3, 0.4) is 0 Å². The third kappa shape index (κ3) is 7.14. The zero-order valence-corrected chi connectivity index (χ0v) is 19.1. The number of hydrogen-bond acceptors (Lipinski definition) is 3. The second-order valence-corrected chi connectivity index (χ2v) is 7.60. The Labute approximate surface area is 180 Å². The Bertz CT molecular complexity index is 603. The summed E-state index contributed by atoms with van der Waals surface area (Å²) in [6.07, 6.45) is 5.67. The molecule has 27 heavy (non-hydrogen) atoms. The number of aliphatic imine (C=N–C) groups is 1. The fourth-order valence-electron chi connectivity index (χ4n) is 3.56. The maximum absolute atomic E-state index is 5.88. The molecule has 0 saturated heterocycles. The predicted octanol–water partition coefficient (Wildman–Crippen LogP) is 3.74. The van der Waals surface area contributed by atoms with Gasteiger partial charge < -0.3 is 20.1 Å². The van der Waals surface area contributed by atoms with E-state index >= 15 is 0 Å². The summed E-state index contributed by atoms with van der Waals surface area (Å²) in [4.78, 5) is 4.39. The molecule has 0 aliphatic heterocycles. The predicted molar refractivity (Wildman–Crippen MR) is 121 cm³/mol. The molecular weight excluding hydrogens is 453 g/mol. The Morgan fingerprint density at radius 2 is 1.85 bits per heavy atom. The number of benzene rings is 1. The van der Waals surface area contributed by atoms with Gasteiger partial charge in [-0.3, -0.25) is 4.99 Å². The minimum atomic E-state index is 0. The molecule has 1 aromatic carbocycles. The molecule has 5 nitrogen and oxygen atoms in total. The minimum absolute atomic E-state index is 0. The molecule has 0 aromatic heterocycles. The first-order valence-electron chi connectivity index (χ1n) is 9.87. The zero-order chi connectivity index (χ0) is 18.4. The molecule has 0 radical (unpaired) electrons. The third-order valence-corrected chi connectivity index (χ3v) is 5.40. The van der Waals surface area contributed by atoms with Crippen molar-refractivity contribution in [2.45, 2.75) is 39.2 Å². The number of guanidine groups is 1. The van der Waals surface area contributed by atoms with E-state index < -0.39 is 0 Å². The SMILES string of the molecule is CN=C(NCc1ccc(C)cc1OCCOC)NCC(C1CC1)C1CC1.I. The van der Waals surface area contributed by atoms with Crippen LogP contribution in [0.25, 0.3) is 0 Å². The van der Waals surface area contributed by atoms with Crippen molar-refractivity contribution in [3.05, 3.63) is 29.3 Å². The standard InChI is InChI=1S/C21H33N3O2.HI/c1-15-4-5-18(20(12-15)26-11-10-25-3)13-23-21(22-2)24-14-19(16-6-7-16)17-8-9-17;/h4-5,12,16-17,19H,6-11,13-14H2,1-3H3,(H2,22,23,24);1H. The van der Waals surface area contributed by atoms with Gasteiger partial charge in [0.1, 0.15) is 12.4 Å². The van der Waals surface area contributed by atoms with Gasteiger partial charge in [-0.1, -0.05) is 12.1 Å². The first kappa shape index (κ1) is 22.3. The fraction of sp³-hybridized carbons (Fsp3) is 0.667. The third-order valence-electron chi connectivity index (χ3n) is 5.40.